The Bertz CT molecular complexity index is 1260. The van der Waals surface area contributed by atoms with E-state index in [9.17, 15) is 8.42 Å². The highest BCUT2D eigenvalue weighted by molar-refractivity contribution is 7.89. The molecular weight excluding hydrogens is 470 g/mol. The molecule has 0 spiro atoms. The van der Waals surface area contributed by atoms with Gasteiger partial charge in [0.15, 0.2) is 5.11 Å². The van der Waals surface area contributed by atoms with E-state index in [1.807, 2.05) is 62.0 Å². The number of hydrogen-bond acceptors (Lipinski definition) is 5. The highest BCUT2D eigenvalue weighted by Crippen LogP contribution is 2.25. The van der Waals surface area contributed by atoms with Gasteiger partial charge in [-0.2, -0.15) is 9.41 Å². The summed E-state index contributed by atoms with van der Waals surface area (Å²) >= 11 is 5.30. The maximum Gasteiger partial charge on any atom is 0.243 e. The molecule has 8 nitrogen and oxygen atoms in total. The number of hydrazone groups is 1. The number of sulfonamides is 1. The molecule has 0 saturated heterocycles. The van der Waals surface area contributed by atoms with Gasteiger partial charge in [0.2, 0.25) is 10.0 Å². The van der Waals surface area contributed by atoms with E-state index in [2.05, 4.69) is 15.8 Å². The first kappa shape index (κ1) is 25.7. The van der Waals surface area contributed by atoms with E-state index >= 15 is 0 Å². The second-order valence-electron chi connectivity index (χ2n) is 7.83. The minimum absolute atomic E-state index is 0.285. The Labute approximate surface area is 206 Å². The number of nitrogens with one attached hydrogen (secondary N) is 2. The van der Waals surface area contributed by atoms with E-state index in [0.717, 1.165) is 40.7 Å². The summed E-state index contributed by atoms with van der Waals surface area (Å²) in [6, 6.07) is 12.6. The fraction of sp³-hybridized carbons (Fsp3) is 0.333. The Morgan fingerprint density at radius 1 is 1.15 bits per heavy atom. The largest absolute Gasteiger partial charge is 0.497 e. The Morgan fingerprint density at radius 2 is 1.82 bits per heavy atom. The molecule has 10 heteroatoms. The molecule has 0 aliphatic heterocycles. The van der Waals surface area contributed by atoms with Gasteiger partial charge in [-0.15, -0.1) is 0 Å². The molecule has 2 N–H and O–H groups in total. The van der Waals surface area contributed by atoms with Gasteiger partial charge in [-0.05, 0) is 67.5 Å². The Morgan fingerprint density at radius 3 is 2.44 bits per heavy atom. The van der Waals surface area contributed by atoms with Crippen molar-refractivity contribution in [1.29, 1.82) is 0 Å². The van der Waals surface area contributed by atoms with Crippen LogP contribution in [0.4, 0.5) is 5.69 Å². The van der Waals surface area contributed by atoms with Crippen molar-refractivity contribution in [2.45, 2.75) is 31.6 Å². The third-order valence-corrected chi connectivity index (χ3v) is 7.38. The van der Waals surface area contributed by atoms with Gasteiger partial charge in [-0.25, -0.2) is 8.42 Å². The van der Waals surface area contributed by atoms with Gasteiger partial charge in [0.1, 0.15) is 5.75 Å². The van der Waals surface area contributed by atoms with Crippen LogP contribution in [0.25, 0.3) is 10.9 Å². The van der Waals surface area contributed by atoms with Crippen LogP contribution in [0, 0.1) is 0 Å². The zero-order valence-corrected chi connectivity index (χ0v) is 21.5. The summed E-state index contributed by atoms with van der Waals surface area (Å²) in [5.41, 5.74) is 5.30. The molecule has 1 aromatic heterocycles. The molecule has 3 aromatic rings. The quantitative estimate of drug-likeness (QED) is 0.244. The predicted molar refractivity (Wildman–Crippen MR) is 142 cm³/mol. The van der Waals surface area contributed by atoms with Crippen molar-refractivity contribution in [2.75, 3.05) is 25.5 Å². The van der Waals surface area contributed by atoms with Gasteiger partial charge in [0.25, 0.3) is 0 Å². The van der Waals surface area contributed by atoms with E-state index in [0.29, 0.717) is 18.2 Å². The molecule has 0 aliphatic carbocycles. The summed E-state index contributed by atoms with van der Waals surface area (Å²) < 4.78 is 35.1. The zero-order valence-electron chi connectivity index (χ0n) is 19.9. The van der Waals surface area contributed by atoms with Gasteiger partial charge in [-0.1, -0.05) is 13.8 Å². The standard InChI is InChI=1S/C24H31N5O3S2/c1-5-13-29(14-6-2)34(30,31)21-11-12-23-22(15-21)18(17-28(23)3)16-25-27-24(33)26-19-7-9-20(32-4)10-8-19/h7-12,15-17H,5-6,13-14H2,1-4H3,(H2,26,27,33)/b25-16-. The molecule has 3 rings (SSSR count). The number of fused-ring (bicyclic) bond motifs is 1. The number of aromatic nitrogens is 1. The molecular formula is C24H31N5O3S2. The second kappa shape index (κ2) is 11.5. The van der Waals surface area contributed by atoms with Crippen molar-refractivity contribution in [2.24, 2.45) is 12.1 Å². The topological polar surface area (TPSA) is 88.0 Å². The number of benzene rings is 2. The van der Waals surface area contributed by atoms with Crippen molar-refractivity contribution in [3.63, 3.8) is 0 Å². The average molecular weight is 502 g/mol. The highest BCUT2D eigenvalue weighted by atomic mass is 32.2. The fourth-order valence-corrected chi connectivity index (χ4v) is 5.48. The minimum Gasteiger partial charge on any atom is -0.497 e. The van der Waals surface area contributed by atoms with Gasteiger partial charge in [0, 0.05) is 48.5 Å². The number of methoxy groups -OCH3 is 1. The molecule has 0 aliphatic rings. The van der Waals surface area contributed by atoms with Crippen LogP contribution in [0.2, 0.25) is 0 Å². The molecule has 0 bridgehead atoms. The Kier molecular flexibility index (Phi) is 8.65. The van der Waals surface area contributed by atoms with Crippen LogP contribution in [0.3, 0.4) is 0 Å². The first-order valence-electron chi connectivity index (χ1n) is 11.1. The van der Waals surface area contributed by atoms with Gasteiger partial charge in [-0.3, -0.25) is 5.43 Å². The summed E-state index contributed by atoms with van der Waals surface area (Å²) in [6.45, 7) is 4.96. The molecule has 2 aromatic carbocycles. The summed E-state index contributed by atoms with van der Waals surface area (Å²) in [6.07, 6.45) is 5.07. The lowest BCUT2D eigenvalue weighted by atomic mass is 10.2. The molecule has 182 valence electrons. The second-order valence-corrected chi connectivity index (χ2v) is 10.2. The molecule has 34 heavy (non-hydrogen) atoms. The highest BCUT2D eigenvalue weighted by Gasteiger charge is 2.24. The van der Waals surface area contributed by atoms with E-state index in [1.54, 1.807) is 29.8 Å². The van der Waals surface area contributed by atoms with Crippen LogP contribution in [0.5, 0.6) is 5.75 Å². The number of ether oxygens (including phenoxy) is 1. The number of hydrogen-bond donors (Lipinski definition) is 2. The van der Waals surface area contributed by atoms with E-state index in [4.69, 9.17) is 17.0 Å². The number of thiocarbonyl (C=S) groups is 1. The van der Waals surface area contributed by atoms with E-state index in [1.165, 1.54) is 0 Å². The van der Waals surface area contributed by atoms with Crippen molar-refractivity contribution < 1.29 is 13.2 Å². The molecule has 1 heterocycles. The Hall–Kier alpha value is -2.95. The number of rotatable bonds is 10. The van der Waals surface area contributed by atoms with Crippen LogP contribution < -0.4 is 15.5 Å². The summed E-state index contributed by atoms with van der Waals surface area (Å²) in [5.74, 6) is 0.757. The lowest BCUT2D eigenvalue weighted by Gasteiger charge is -2.21. The maximum absolute atomic E-state index is 13.2. The van der Waals surface area contributed by atoms with Gasteiger partial charge < -0.3 is 14.6 Å². The SMILES string of the molecule is CCCN(CCC)S(=O)(=O)c1ccc2c(c1)c(/C=N\NC(=S)Nc1ccc(OC)cc1)cn2C. The number of anilines is 1. The molecule has 0 radical (unpaired) electrons. The summed E-state index contributed by atoms with van der Waals surface area (Å²) in [4.78, 5) is 0.285. The van der Waals surface area contributed by atoms with Crippen molar-refractivity contribution >= 4 is 50.2 Å². The van der Waals surface area contributed by atoms with E-state index in [-0.39, 0.29) is 4.90 Å². The number of aryl methyl sites for hydroxylation is 1. The summed E-state index contributed by atoms with van der Waals surface area (Å²) in [7, 11) is -0.0469. The predicted octanol–water partition coefficient (Wildman–Crippen LogP) is 4.32. The van der Waals surface area contributed by atoms with E-state index < -0.39 is 10.0 Å². The first-order valence-corrected chi connectivity index (χ1v) is 13.0. The lowest BCUT2D eigenvalue weighted by molar-refractivity contribution is 0.410. The van der Waals surface area contributed by atoms with Crippen LogP contribution >= 0.6 is 12.2 Å². The van der Waals surface area contributed by atoms with Crippen LogP contribution in [-0.2, 0) is 17.1 Å². The molecule has 0 amide bonds. The smallest absolute Gasteiger partial charge is 0.243 e. The monoisotopic (exact) mass is 501 g/mol. The lowest BCUT2D eigenvalue weighted by Crippen LogP contribution is -2.32. The molecule has 0 saturated carbocycles. The van der Waals surface area contributed by atoms with Gasteiger partial charge >= 0.3 is 0 Å². The average Bonchev–Trinajstić information content (AvgIpc) is 3.14. The van der Waals surface area contributed by atoms with Crippen molar-refractivity contribution in [1.82, 2.24) is 14.3 Å². The molecule has 0 fully saturated rings. The molecule has 0 unspecified atom stereocenters. The summed E-state index contributed by atoms with van der Waals surface area (Å²) in [5, 5.41) is 8.43. The fourth-order valence-electron chi connectivity index (χ4n) is 3.66. The van der Waals surface area contributed by atoms with Crippen LogP contribution in [0.15, 0.2) is 58.7 Å². The maximum atomic E-state index is 13.2. The van der Waals surface area contributed by atoms with Crippen LogP contribution in [0.1, 0.15) is 32.3 Å². The molecule has 0 atom stereocenters. The third kappa shape index (κ3) is 5.94. The van der Waals surface area contributed by atoms with Crippen LogP contribution in [-0.4, -0.2) is 48.8 Å². The minimum atomic E-state index is -3.57. The third-order valence-electron chi connectivity index (χ3n) is 5.29. The van der Waals surface area contributed by atoms with Crippen molar-refractivity contribution in [3.05, 3.63) is 54.2 Å². The normalized spacial score (nSPS) is 11.9. The zero-order chi connectivity index (χ0) is 24.7. The number of nitrogens with zero attached hydrogens (tertiary/aromatic N) is 3. The van der Waals surface area contributed by atoms with Crippen molar-refractivity contribution in [3.8, 4) is 5.75 Å². The van der Waals surface area contributed by atoms with Gasteiger partial charge in [0.05, 0.1) is 18.2 Å². The Balaban J connectivity index is 1.79. The first-order chi connectivity index (χ1) is 16.3.